The predicted molar refractivity (Wildman–Crippen MR) is 48.1 cm³/mol. The Labute approximate surface area is 83.1 Å². The summed E-state index contributed by atoms with van der Waals surface area (Å²) in [6.07, 6.45) is 0. The van der Waals surface area contributed by atoms with Crippen molar-refractivity contribution < 1.29 is 13.2 Å². The van der Waals surface area contributed by atoms with Crippen molar-refractivity contribution in [1.82, 2.24) is 0 Å². The number of halogens is 4. The minimum absolute atomic E-state index is 0.0415. The SMILES string of the molecule is Cc1ccc(SC(F)(F)F)c(Cl)c1. The van der Waals surface area contributed by atoms with Crippen LogP contribution in [0.4, 0.5) is 13.2 Å². The fraction of sp³-hybridized carbons (Fsp3) is 0.250. The Hall–Kier alpha value is -0.350. The van der Waals surface area contributed by atoms with Crippen molar-refractivity contribution in [2.24, 2.45) is 0 Å². The third-order valence-corrected chi connectivity index (χ3v) is 2.55. The summed E-state index contributed by atoms with van der Waals surface area (Å²) in [7, 11) is 0. The van der Waals surface area contributed by atoms with Crippen LogP contribution in [0, 0.1) is 6.92 Å². The van der Waals surface area contributed by atoms with Gasteiger partial charge in [0.1, 0.15) is 0 Å². The second-order valence-corrected chi connectivity index (χ2v) is 4.00. The number of aryl methyl sites for hydroxylation is 1. The van der Waals surface area contributed by atoms with Gasteiger partial charge >= 0.3 is 5.51 Å². The molecule has 0 N–H and O–H groups in total. The maximum atomic E-state index is 11.9. The standard InChI is InChI=1S/C8H6ClF3S/c1-5-2-3-7(6(9)4-5)13-8(10,11)12/h2-4H,1H3. The highest BCUT2D eigenvalue weighted by molar-refractivity contribution is 8.00. The van der Waals surface area contributed by atoms with E-state index >= 15 is 0 Å². The van der Waals surface area contributed by atoms with Gasteiger partial charge in [-0.2, -0.15) is 13.2 Å². The van der Waals surface area contributed by atoms with E-state index in [0.717, 1.165) is 5.56 Å². The van der Waals surface area contributed by atoms with Gasteiger partial charge in [-0.3, -0.25) is 0 Å². The van der Waals surface area contributed by atoms with Crippen molar-refractivity contribution in [2.75, 3.05) is 0 Å². The summed E-state index contributed by atoms with van der Waals surface area (Å²) in [6, 6.07) is 4.48. The molecule has 0 spiro atoms. The van der Waals surface area contributed by atoms with Crippen LogP contribution in [0.5, 0.6) is 0 Å². The minimum Gasteiger partial charge on any atom is -0.160 e. The van der Waals surface area contributed by atoms with Crippen LogP contribution in [0.2, 0.25) is 5.02 Å². The molecule has 0 aromatic heterocycles. The zero-order valence-corrected chi connectivity index (χ0v) is 8.22. The van der Waals surface area contributed by atoms with E-state index in [1.54, 1.807) is 13.0 Å². The van der Waals surface area contributed by atoms with Gasteiger partial charge in [0.15, 0.2) is 0 Å². The Morgan fingerprint density at radius 3 is 2.38 bits per heavy atom. The molecule has 0 radical (unpaired) electrons. The van der Waals surface area contributed by atoms with E-state index < -0.39 is 5.51 Å². The van der Waals surface area contributed by atoms with Crippen LogP contribution in [-0.2, 0) is 0 Å². The topological polar surface area (TPSA) is 0 Å². The van der Waals surface area contributed by atoms with Gasteiger partial charge in [-0.1, -0.05) is 17.7 Å². The normalized spacial score (nSPS) is 11.8. The van der Waals surface area contributed by atoms with Crippen LogP contribution in [0.15, 0.2) is 23.1 Å². The second kappa shape index (κ2) is 3.80. The highest BCUT2D eigenvalue weighted by atomic mass is 35.5. The largest absolute Gasteiger partial charge is 0.446 e. The van der Waals surface area contributed by atoms with E-state index in [1.165, 1.54) is 12.1 Å². The number of hydrogen-bond donors (Lipinski definition) is 0. The maximum absolute atomic E-state index is 11.9. The lowest BCUT2D eigenvalue weighted by Crippen LogP contribution is -1.99. The molecule has 13 heavy (non-hydrogen) atoms. The van der Waals surface area contributed by atoms with E-state index in [4.69, 9.17) is 11.6 Å². The molecule has 0 nitrogen and oxygen atoms in total. The van der Waals surface area contributed by atoms with E-state index in [0.29, 0.717) is 0 Å². The molecular weight excluding hydrogens is 221 g/mol. The molecule has 0 aliphatic rings. The molecule has 0 aliphatic carbocycles. The summed E-state index contributed by atoms with van der Waals surface area (Å²) in [5, 5.41) is 0.141. The molecule has 0 unspecified atom stereocenters. The van der Waals surface area contributed by atoms with Crippen LogP contribution in [0.1, 0.15) is 5.56 Å². The van der Waals surface area contributed by atoms with Gasteiger partial charge in [-0.25, -0.2) is 0 Å². The van der Waals surface area contributed by atoms with Gasteiger partial charge in [0, 0.05) is 4.90 Å². The van der Waals surface area contributed by atoms with Gasteiger partial charge in [0.25, 0.3) is 0 Å². The van der Waals surface area contributed by atoms with Crippen molar-refractivity contribution in [3.05, 3.63) is 28.8 Å². The summed E-state index contributed by atoms with van der Waals surface area (Å²) < 4.78 is 35.8. The summed E-state index contributed by atoms with van der Waals surface area (Å²) in [5.74, 6) is 0. The van der Waals surface area contributed by atoms with Crippen molar-refractivity contribution in [3.63, 3.8) is 0 Å². The number of alkyl halides is 3. The third kappa shape index (κ3) is 3.48. The second-order valence-electron chi connectivity index (χ2n) is 2.48. The van der Waals surface area contributed by atoms with E-state index in [1.807, 2.05) is 0 Å². The molecule has 72 valence electrons. The molecule has 0 saturated carbocycles. The van der Waals surface area contributed by atoms with Crippen LogP contribution in [0.25, 0.3) is 0 Å². The lowest BCUT2D eigenvalue weighted by molar-refractivity contribution is -0.0328. The molecule has 1 aromatic rings. The van der Waals surface area contributed by atoms with Crippen molar-refractivity contribution in [3.8, 4) is 0 Å². The van der Waals surface area contributed by atoms with Crippen LogP contribution in [0.3, 0.4) is 0 Å². The molecule has 0 atom stereocenters. The Morgan fingerprint density at radius 2 is 1.92 bits per heavy atom. The molecular formula is C8H6ClF3S. The number of rotatable bonds is 1. The van der Waals surface area contributed by atoms with Crippen LogP contribution < -0.4 is 0 Å². The fourth-order valence-electron chi connectivity index (χ4n) is 0.813. The summed E-state index contributed by atoms with van der Waals surface area (Å²) in [4.78, 5) is 0.0415. The molecule has 0 heterocycles. The molecule has 0 aliphatic heterocycles. The minimum atomic E-state index is -4.28. The monoisotopic (exact) mass is 226 g/mol. The lowest BCUT2D eigenvalue weighted by atomic mass is 10.2. The van der Waals surface area contributed by atoms with Crippen molar-refractivity contribution >= 4 is 23.4 Å². The number of hydrogen-bond acceptors (Lipinski definition) is 1. The molecule has 1 rings (SSSR count). The molecule has 5 heteroatoms. The van der Waals surface area contributed by atoms with E-state index in [9.17, 15) is 13.2 Å². The zero-order chi connectivity index (χ0) is 10.1. The fourth-order valence-corrected chi connectivity index (χ4v) is 1.71. The first-order valence-electron chi connectivity index (χ1n) is 3.40. The van der Waals surface area contributed by atoms with Crippen molar-refractivity contribution in [2.45, 2.75) is 17.3 Å². The Bertz CT molecular complexity index is 309. The average molecular weight is 227 g/mol. The Morgan fingerprint density at radius 1 is 1.31 bits per heavy atom. The molecule has 0 bridgehead atoms. The lowest BCUT2D eigenvalue weighted by Gasteiger charge is -2.07. The van der Waals surface area contributed by atoms with E-state index in [2.05, 4.69) is 0 Å². The van der Waals surface area contributed by atoms with Gasteiger partial charge in [-0.05, 0) is 36.4 Å². The smallest absolute Gasteiger partial charge is 0.160 e. The van der Waals surface area contributed by atoms with Gasteiger partial charge in [0.2, 0.25) is 0 Å². The van der Waals surface area contributed by atoms with E-state index in [-0.39, 0.29) is 21.7 Å². The molecule has 1 aromatic carbocycles. The van der Waals surface area contributed by atoms with Crippen LogP contribution >= 0.6 is 23.4 Å². The highest BCUT2D eigenvalue weighted by Crippen LogP contribution is 2.40. The van der Waals surface area contributed by atoms with Gasteiger partial charge in [-0.15, -0.1) is 0 Å². The predicted octanol–water partition coefficient (Wildman–Crippen LogP) is 4.26. The Kier molecular flexibility index (Phi) is 3.14. The molecule has 0 saturated heterocycles. The molecule has 0 amide bonds. The van der Waals surface area contributed by atoms with Crippen LogP contribution in [-0.4, -0.2) is 5.51 Å². The maximum Gasteiger partial charge on any atom is 0.446 e. The average Bonchev–Trinajstić information content (AvgIpc) is 1.93. The third-order valence-electron chi connectivity index (χ3n) is 1.31. The highest BCUT2D eigenvalue weighted by Gasteiger charge is 2.30. The Balaban J connectivity index is 2.90. The number of benzene rings is 1. The van der Waals surface area contributed by atoms with Gasteiger partial charge < -0.3 is 0 Å². The van der Waals surface area contributed by atoms with Crippen molar-refractivity contribution in [1.29, 1.82) is 0 Å². The first kappa shape index (κ1) is 10.7. The molecule has 0 fully saturated rings. The summed E-state index contributed by atoms with van der Waals surface area (Å²) in [6.45, 7) is 1.77. The first-order valence-corrected chi connectivity index (χ1v) is 4.60. The first-order chi connectivity index (χ1) is 5.88. The quantitative estimate of drug-likeness (QED) is 0.645. The zero-order valence-electron chi connectivity index (χ0n) is 6.65. The summed E-state index contributed by atoms with van der Waals surface area (Å²) >= 11 is 5.42. The van der Waals surface area contributed by atoms with Gasteiger partial charge in [0.05, 0.1) is 5.02 Å². The number of thioether (sulfide) groups is 1. The summed E-state index contributed by atoms with van der Waals surface area (Å²) in [5.41, 5.74) is -3.43.